The van der Waals surface area contributed by atoms with Crippen LogP contribution in [-0.2, 0) is 11.2 Å². The van der Waals surface area contributed by atoms with Crippen molar-refractivity contribution in [1.82, 2.24) is 5.32 Å². The Hall–Kier alpha value is -1.22. The molecule has 1 aromatic rings. The smallest absolute Gasteiger partial charge is 0.156 e. The predicted molar refractivity (Wildman–Crippen MR) is 65.5 cm³/mol. The van der Waals surface area contributed by atoms with Gasteiger partial charge in [-0.1, -0.05) is 6.07 Å². The van der Waals surface area contributed by atoms with Gasteiger partial charge in [0.1, 0.15) is 5.82 Å². The Bertz CT molecular complexity index is 436. The van der Waals surface area contributed by atoms with Gasteiger partial charge in [-0.2, -0.15) is 0 Å². The van der Waals surface area contributed by atoms with Gasteiger partial charge in [-0.3, -0.25) is 4.79 Å². The molecule has 2 nitrogen and oxygen atoms in total. The minimum Gasteiger partial charge on any atom is -0.305 e. The lowest BCUT2D eigenvalue weighted by Gasteiger charge is -2.23. The zero-order valence-corrected chi connectivity index (χ0v) is 10.3. The lowest BCUT2D eigenvalue weighted by Crippen LogP contribution is -2.45. The summed E-state index contributed by atoms with van der Waals surface area (Å²) in [7, 11) is 0. The lowest BCUT2D eigenvalue weighted by molar-refractivity contribution is -0.123. The van der Waals surface area contributed by atoms with Gasteiger partial charge in [0.2, 0.25) is 0 Å². The number of ketones is 1. The third-order valence-electron chi connectivity index (χ3n) is 3.65. The lowest BCUT2D eigenvalue weighted by atomic mass is 9.89. The van der Waals surface area contributed by atoms with Crippen LogP contribution < -0.4 is 5.32 Å². The molecule has 17 heavy (non-hydrogen) atoms. The summed E-state index contributed by atoms with van der Waals surface area (Å²) in [5.41, 5.74) is 1.35. The molecule has 1 aliphatic rings. The normalized spacial score (nSPS) is 23.9. The van der Waals surface area contributed by atoms with E-state index in [1.54, 1.807) is 6.07 Å². The van der Waals surface area contributed by atoms with E-state index in [9.17, 15) is 9.18 Å². The van der Waals surface area contributed by atoms with Crippen LogP contribution in [0.15, 0.2) is 18.2 Å². The second-order valence-electron chi connectivity index (χ2n) is 5.03. The molecule has 92 valence electrons. The molecule has 0 aromatic heterocycles. The fraction of sp³-hybridized carbons (Fsp3) is 0.500. The summed E-state index contributed by atoms with van der Waals surface area (Å²) in [6.45, 7) is 4.74. The fourth-order valence-electron chi connectivity index (χ4n) is 2.33. The summed E-state index contributed by atoms with van der Waals surface area (Å²) in [5, 5.41) is 3.24. The van der Waals surface area contributed by atoms with Crippen molar-refractivity contribution in [3.63, 3.8) is 0 Å². The largest absolute Gasteiger partial charge is 0.305 e. The molecule has 0 bridgehead atoms. The topological polar surface area (TPSA) is 29.1 Å². The molecule has 1 fully saturated rings. The highest BCUT2D eigenvalue weighted by Gasteiger charge is 2.35. The van der Waals surface area contributed by atoms with Crippen LogP contribution in [0.25, 0.3) is 0 Å². The van der Waals surface area contributed by atoms with Crippen molar-refractivity contribution in [3.05, 3.63) is 35.1 Å². The molecule has 3 heteroatoms. The summed E-state index contributed by atoms with van der Waals surface area (Å²) in [6.07, 6.45) is 2.22. The van der Waals surface area contributed by atoms with E-state index in [1.165, 1.54) is 12.1 Å². The highest BCUT2D eigenvalue weighted by molar-refractivity contribution is 5.90. The standard InChI is InChI=1S/C14H18FNO/c1-10-4-5-12(15)8-11(10)9-13(17)14(2)6-3-7-16-14/h4-5,8,16H,3,6-7,9H2,1-2H3. The summed E-state index contributed by atoms with van der Waals surface area (Å²) < 4.78 is 13.1. The third kappa shape index (κ3) is 2.55. The van der Waals surface area contributed by atoms with Gasteiger partial charge in [-0.05, 0) is 56.5 Å². The molecule has 1 N–H and O–H groups in total. The number of rotatable bonds is 3. The first-order valence-electron chi connectivity index (χ1n) is 6.05. The molecule has 0 radical (unpaired) electrons. The van der Waals surface area contributed by atoms with Crippen LogP contribution in [0, 0.1) is 12.7 Å². The van der Waals surface area contributed by atoms with E-state index >= 15 is 0 Å². The Morgan fingerprint density at radius 1 is 1.53 bits per heavy atom. The average Bonchev–Trinajstić information content (AvgIpc) is 2.72. The van der Waals surface area contributed by atoms with Crippen LogP contribution in [0.4, 0.5) is 4.39 Å². The third-order valence-corrected chi connectivity index (χ3v) is 3.65. The molecule has 1 atom stereocenters. The van der Waals surface area contributed by atoms with Crippen molar-refractivity contribution in [2.45, 2.75) is 38.6 Å². The molecule has 1 aromatic carbocycles. The summed E-state index contributed by atoms with van der Waals surface area (Å²) in [6, 6.07) is 4.62. The summed E-state index contributed by atoms with van der Waals surface area (Å²) in [4.78, 5) is 12.2. The molecular formula is C14H18FNO. The first kappa shape index (κ1) is 12.2. The number of halogens is 1. The van der Waals surface area contributed by atoms with E-state index in [-0.39, 0.29) is 11.6 Å². The number of Topliss-reactive ketones (excluding diaryl/α,β-unsaturated/α-hetero) is 1. The summed E-state index contributed by atoms with van der Waals surface area (Å²) >= 11 is 0. The number of carbonyl (C=O) groups excluding carboxylic acids is 1. The number of aryl methyl sites for hydroxylation is 1. The van der Waals surface area contributed by atoms with Crippen LogP contribution in [0.2, 0.25) is 0 Å². The molecule has 1 saturated heterocycles. The Balaban J connectivity index is 2.15. The van der Waals surface area contributed by atoms with Crippen molar-refractivity contribution < 1.29 is 9.18 Å². The molecule has 2 rings (SSSR count). The number of carbonyl (C=O) groups is 1. The number of hydrogen-bond donors (Lipinski definition) is 1. The molecule has 1 aliphatic heterocycles. The van der Waals surface area contributed by atoms with Crippen molar-refractivity contribution in [2.24, 2.45) is 0 Å². The van der Waals surface area contributed by atoms with Crippen LogP contribution in [0.1, 0.15) is 30.9 Å². The van der Waals surface area contributed by atoms with E-state index < -0.39 is 5.54 Å². The maximum Gasteiger partial charge on any atom is 0.156 e. The number of benzene rings is 1. The fourth-order valence-corrected chi connectivity index (χ4v) is 2.33. The van der Waals surface area contributed by atoms with E-state index in [1.807, 2.05) is 13.8 Å². The van der Waals surface area contributed by atoms with Gasteiger partial charge in [-0.15, -0.1) is 0 Å². The van der Waals surface area contributed by atoms with E-state index in [0.717, 1.165) is 30.5 Å². The monoisotopic (exact) mass is 235 g/mol. The Labute approximate surface area is 101 Å². The van der Waals surface area contributed by atoms with E-state index in [2.05, 4.69) is 5.32 Å². The second kappa shape index (κ2) is 4.57. The molecule has 1 heterocycles. The second-order valence-corrected chi connectivity index (χ2v) is 5.03. The van der Waals surface area contributed by atoms with Gasteiger partial charge in [0.25, 0.3) is 0 Å². The first-order chi connectivity index (χ1) is 8.01. The Morgan fingerprint density at radius 2 is 2.29 bits per heavy atom. The van der Waals surface area contributed by atoms with Crippen molar-refractivity contribution in [3.8, 4) is 0 Å². The SMILES string of the molecule is Cc1ccc(F)cc1CC(=O)C1(C)CCCN1. The number of nitrogens with one attached hydrogen (secondary N) is 1. The van der Waals surface area contributed by atoms with Gasteiger partial charge in [-0.25, -0.2) is 4.39 Å². The van der Waals surface area contributed by atoms with Gasteiger partial charge >= 0.3 is 0 Å². The molecule has 0 amide bonds. The Kier molecular flexibility index (Phi) is 3.29. The minimum absolute atomic E-state index is 0.156. The first-order valence-corrected chi connectivity index (χ1v) is 6.05. The molecule has 1 unspecified atom stereocenters. The van der Waals surface area contributed by atoms with Crippen molar-refractivity contribution in [1.29, 1.82) is 0 Å². The zero-order valence-electron chi connectivity index (χ0n) is 10.3. The maximum atomic E-state index is 13.1. The van der Waals surface area contributed by atoms with Gasteiger partial charge < -0.3 is 5.32 Å². The zero-order chi connectivity index (χ0) is 12.5. The summed E-state index contributed by atoms with van der Waals surface area (Å²) in [5.74, 6) is -0.119. The van der Waals surface area contributed by atoms with Gasteiger partial charge in [0.15, 0.2) is 5.78 Å². The number of hydrogen-bond acceptors (Lipinski definition) is 2. The van der Waals surface area contributed by atoms with Gasteiger partial charge in [0.05, 0.1) is 5.54 Å². The maximum absolute atomic E-state index is 13.1. The van der Waals surface area contributed by atoms with E-state index in [0.29, 0.717) is 6.42 Å². The average molecular weight is 235 g/mol. The van der Waals surface area contributed by atoms with Crippen LogP contribution in [0.3, 0.4) is 0 Å². The van der Waals surface area contributed by atoms with Gasteiger partial charge in [0, 0.05) is 6.42 Å². The predicted octanol–water partition coefficient (Wildman–Crippen LogP) is 2.39. The molecular weight excluding hydrogens is 217 g/mol. The quantitative estimate of drug-likeness (QED) is 0.871. The molecule has 0 spiro atoms. The molecule has 0 aliphatic carbocycles. The van der Waals surface area contributed by atoms with E-state index in [4.69, 9.17) is 0 Å². The highest BCUT2D eigenvalue weighted by Crippen LogP contribution is 2.22. The van der Waals surface area contributed by atoms with Crippen LogP contribution in [0.5, 0.6) is 0 Å². The van der Waals surface area contributed by atoms with Crippen LogP contribution >= 0.6 is 0 Å². The van der Waals surface area contributed by atoms with Crippen molar-refractivity contribution >= 4 is 5.78 Å². The van der Waals surface area contributed by atoms with Crippen molar-refractivity contribution in [2.75, 3.05) is 6.54 Å². The molecule has 0 saturated carbocycles. The Morgan fingerprint density at radius 3 is 2.94 bits per heavy atom. The minimum atomic E-state index is -0.418. The van der Waals surface area contributed by atoms with Crippen LogP contribution in [-0.4, -0.2) is 17.9 Å². The highest BCUT2D eigenvalue weighted by atomic mass is 19.1.